The van der Waals surface area contributed by atoms with Crippen molar-refractivity contribution in [1.29, 1.82) is 0 Å². The van der Waals surface area contributed by atoms with Crippen molar-refractivity contribution in [3.8, 4) is 0 Å². The van der Waals surface area contributed by atoms with Crippen LogP contribution in [0, 0.1) is 5.92 Å². The van der Waals surface area contributed by atoms with Gasteiger partial charge in [0, 0.05) is 11.9 Å². The van der Waals surface area contributed by atoms with Crippen LogP contribution in [0.2, 0.25) is 0 Å². The molecule has 0 saturated carbocycles. The van der Waals surface area contributed by atoms with Gasteiger partial charge in [0.2, 0.25) is 5.91 Å². The molecule has 5 heteroatoms. The smallest absolute Gasteiger partial charge is 0.265 e. The maximum atomic E-state index is 12.4. The number of para-hydroxylation sites is 1. The first-order chi connectivity index (χ1) is 11.2. The first kappa shape index (κ1) is 15.0. The molecule has 116 valence electrons. The van der Waals surface area contributed by atoms with Crippen molar-refractivity contribution in [3.63, 3.8) is 0 Å². The van der Waals surface area contributed by atoms with Crippen molar-refractivity contribution in [1.82, 2.24) is 0 Å². The van der Waals surface area contributed by atoms with Gasteiger partial charge in [-0.3, -0.25) is 9.59 Å². The molecule has 0 radical (unpaired) electrons. The fraction of sp³-hybridized carbons (Fsp3) is 0.167. The molecule has 1 N–H and O–H groups in total. The summed E-state index contributed by atoms with van der Waals surface area (Å²) in [6.07, 6.45) is 2.27. The van der Waals surface area contributed by atoms with E-state index in [-0.39, 0.29) is 11.8 Å². The molecule has 1 atom stereocenters. The third-order valence-corrected chi connectivity index (χ3v) is 3.69. The molecule has 2 aromatic rings. The summed E-state index contributed by atoms with van der Waals surface area (Å²) in [4.78, 5) is 24.8. The fourth-order valence-corrected chi connectivity index (χ4v) is 2.42. The van der Waals surface area contributed by atoms with Crippen LogP contribution in [-0.4, -0.2) is 18.0 Å². The molecular formula is C18H17N3O2. The Labute approximate surface area is 134 Å². The van der Waals surface area contributed by atoms with Gasteiger partial charge in [0.1, 0.15) is 0 Å². The van der Waals surface area contributed by atoms with Gasteiger partial charge in [0.25, 0.3) is 5.91 Å². The number of carbonyl (C=O) groups is 2. The molecule has 5 nitrogen and oxygen atoms in total. The van der Waals surface area contributed by atoms with Crippen LogP contribution in [0.1, 0.15) is 12.5 Å². The van der Waals surface area contributed by atoms with Gasteiger partial charge in [-0.15, -0.1) is 0 Å². The number of anilines is 2. The highest BCUT2D eigenvalue weighted by molar-refractivity contribution is 6.23. The summed E-state index contributed by atoms with van der Waals surface area (Å²) >= 11 is 0. The highest BCUT2D eigenvalue weighted by atomic mass is 16.2. The number of hydrogen-bond acceptors (Lipinski definition) is 3. The normalized spacial score (nSPS) is 16.7. The minimum absolute atomic E-state index is 0.347. The predicted octanol–water partition coefficient (Wildman–Crippen LogP) is 2.84. The van der Waals surface area contributed by atoms with Crippen LogP contribution in [0.3, 0.4) is 0 Å². The molecule has 0 fully saturated rings. The minimum Gasteiger partial charge on any atom is -0.325 e. The molecule has 1 aliphatic heterocycles. The van der Waals surface area contributed by atoms with E-state index in [0.29, 0.717) is 11.4 Å². The van der Waals surface area contributed by atoms with Crippen LogP contribution in [0.25, 0.3) is 0 Å². The zero-order valence-corrected chi connectivity index (χ0v) is 12.8. The van der Waals surface area contributed by atoms with E-state index in [2.05, 4.69) is 10.4 Å². The van der Waals surface area contributed by atoms with Crippen LogP contribution >= 0.6 is 0 Å². The van der Waals surface area contributed by atoms with E-state index in [4.69, 9.17) is 0 Å². The Bertz CT molecular complexity index is 756. The number of hydrazone groups is 1. The summed E-state index contributed by atoms with van der Waals surface area (Å²) < 4.78 is 0. The molecule has 2 amide bonds. The second-order valence-electron chi connectivity index (χ2n) is 5.27. The molecule has 0 aliphatic carbocycles. The average Bonchev–Trinajstić information content (AvgIpc) is 2.97. The number of aryl methyl sites for hydroxylation is 1. The van der Waals surface area contributed by atoms with E-state index in [1.807, 2.05) is 49.4 Å². The fourth-order valence-electron chi connectivity index (χ4n) is 2.42. The Hall–Kier alpha value is -2.95. The number of amides is 2. The highest BCUT2D eigenvalue weighted by Gasteiger charge is 2.35. The van der Waals surface area contributed by atoms with Crippen molar-refractivity contribution < 1.29 is 9.59 Å². The van der Waals surface area contributed by atoms with Crippen molar-refractivity contribution in [2.24, 2.45) is 11.0 Å². The topological polar surface area (TPSA) is 61.8 Å². The SMILES string of the molecule is CCc1cccc(NC(=O)C2C=NN(c3ccccc3)C2=O)c1. The summed E-state index contributed by atoms with van der Waals surface area (Å²) in [7, 11) is 0. The summed E-state index contributed by atoms with van der Waals surface area (Å²) in [5.74, 6) is -1.62. The van der Waals surface area contributed by atoms with Crippen LogP contribution in [0.5, 0.6) is 0 Å². The maximum Gasteiger partial charge on any atom is 0.265 e. The number of rotatable bonds is 4. The Morgan fingerprint density at radius 2 is 1.96 bits per heavy atom. The van der Waals surface area contributed by atoms with Crippen LogP contribution < -0.4 is 10.3 Å². The summed E-state index contributed by atoms with van der Waals surface area (Å²) in [5.41, 5.74) is 2.46. The maximum absolute atomic E-state index is 12.4. The van der Waals surface area contributed by atoms with E-state index in [0.717, 1.165) is 12.0 Å². The first-order valence-corrected chi connectivity index (χ1v) is 7.52. The minimum atomic E-state index is -0.902. The van der Waals surface area contributed by atoms with Gasteiger partial charge >= 0.3 is 0 Å². The van der Waals surface area contributed by atoms with Gasteiger partial charge in [-0.25, -0.2) is 5.01 Å². The van der Waals surface area contributed by atoms with Crippen molar-refractivity contribution >= 4 is 29.4 Å². The Morgan fingerprint density at radius 1 is 1.17 bits per heavy atom. The highest BCUT2D eigenvalue weighted by Crippen LogP contribution is 2.21. The van der Waals surface area contributed by atoms with Crippen molar-refractivity contribution in [3.05, 3.63) is 60.2 Å². The molecule has 23 heavy (non-hydrogen) atoms. The van der Waals surface area contributed by atoms with E-state index in [1.165, 1.54) is 11.2 Å². The standard InChI is InChI=1S/C18H17N3O2/c1-2-13-7-6-8-14(11-13)20-17(22)16-12-19-21(18(16)23)15-9-4-3-5-10-15/h3-12,16H,2H2,1H3,(H,20,22). The van der Waals surface area contributed by atoms with Crippen LogP contribution in [0.15, 0.2) is 59.7 Å². The second-order valence-corrected chi connectivity index (χ2v) is 5.27. The van der Waals surface area contributed by atoms with Crippen LogP contribution in [-0.2, 0) is 16.0 Å². The van der Waals surface area contributed by atoms with Gasteiger partial charge < -0.3 is 5.32 Å². The lowest BCUT2D eigenvalue weighted by Gasteiger charge is -2.14. The number of hydrogen-bond donors (Lipinski definition) is 1. The first-order valence-electron chi connectivity index (χ1n) is 7.52. The zero-order valence-electron chi connectivity index (χ0n) is 12.8. The number of nitrogens with zero attached hydrogens (tertiary/aromatic N) is 2. The van der Waals surface area contributed by atoms with Crippen molar-refractivity contribution in [2.75, 3.05) is 10.3 Å². The van der Waals surface area contributed by atoms with Crippen LogP contribution in [0.4, 0.5) is 11.4 Å². The molecule has 1 aliphatic rings. The molecule has 0 saturated heterocycles. The van der Waals surface area contributed by atoms with Gasteiger partial charge in [-0.05, 0) is 36.2 Å². The molecule has 3 rings (SSSR count). The lowest BCUT2D eigenvalue weighted by atomic mass is 10.1. The summed E-state index contributed by atoms with van der Waals surface area (Å²) in [5, 5.41) is 8.10. The van der Waals surface area contributed by atoms with Gasteiger partial charge in [0.15, 0.2) is 5.92 Å². The lowest BCUT2D eigenvalue weighted by Crippen LogP contribution is -2.34. The number of nitrogens with one attached hydrogen (secondary N) is 1. The van der Waals surface area contributed by atoms with E-state index >= 15 is 0 Å². The molecule has 2 aromatic carbocycles. The summed E-state index contributed by atoms with van der Waals surface area (Å²) in [6.45, 7) is 2.05. The summed E-state index contributed by atoms with van der Waals surface area (Å²) in [6, 6.07) is 16.7. The lowest BCUT2D eigenvalue weighted by molar-refractivity contribution is -0.127. The van der Waals surface area contributed by atoms with E-state index in [1.54, 1.807) is 12.1 Å². The molecule has 1 unspecified atom stereocenters. The quantitative estimate of drug-likeness (QED) is 0.883. The average molecular weight is 307 g/mol. The largest absolute Gasteiger partial charge is 0.325 e. The number of carbonyl (C=O) groups excluding carboxylic acids is 2. The Morgan fingerprint density at radius 3 is 2.70 bits per heavy atom. The molecular weight excluding hydrogens is 290 g/mol. The van der Waals surface area contributed by atoms with Gasteiger partial charge in [-0.2, -0.15) is 5.10 Å². The second kappa shape index (κ2) is 6.44. The van der Waals surface area contributed by atoms with Gasteiger partial charge in [-0.1, -0.05) is 37.3 Å². The molecule has 0 bridgehead atoms. The Balaban J connectivity index is 1.72. The molecule has 1 heterocycles. The van der Waals surface area contributed by atoms with Crippen molar-refractivity contribution in [2.45, 2.75) is 13.3 Å². The molecule has 0 spiro atoms. The zero-order chi connectivity index (χ0) is 16.2. The van der Waals surface area contributed by atoms with Gasteiger partial charge in [0.05, 0.1) is 5.69 Å². The predicted molar refractivity (Wildman–Crippen MR) is 90.4 cm³/mol. The van der Waals surface area contributed by atoms with E-state index in [9.17, 15) is 9.59 Å². The third kappa shape index (κ3) is 3.13. The number of benzene rings is 2. The molecule has 0 aromatic heterocycles. The monoisotopic (exact) mass is 307 g/mol. The third-order valence-electron chi connectivity index (χ3n) is 3.69. The van der Waals surface area contributed by atoms with E-state index < -0.39 is 5.92 Å². The Kier molecular flexibility index (Phi) is 4.19.